The first-order valence-electron chi connectivity index (χ1n) is 11.2. The van der Waals surface area contributed by atoms with E-state index in [0.717, 1.165) is 37.3 Å². The van der Waals surface area contributed by atoms with Gasteiger partial charge >= 0.3 is 0 Å². The summed E-state index contributed by atoms with van der Waals surface area (Å²) in [5, 5.41) is 3.27. The average Bonchev–Trinajstić information content (AvgIpc) is 3.22. The number of aromatic amines is 1. The summed E-state index contributed by atoms with van der Waals surface area (Å²) in [6.07, 6.45) is 5.57. The molecule has 170 valence electrons. The fourth-order valence-electron chi connectivity index (χ4n) is 4.25. The van der Waals surface area contributed by atoms with Crippen LogP contribution in [0.1, 0.15) is 34.6 Å². The maximum Gasteiger partial charge on any atom is 0.217 e. The zero-order chi connectivity index (χ0) is 22.6. The molecule has 0 radical (unpaired) electrons. The summed E-state index contributed by atoms with van der Waals surface area (Å²) in [6, 6.07) is 15.6. The third kappa shape index (κ3) is 5.07. The second-order valence-electron chi connectivity index (χ2n) is 8.32. The van der Waals surface area contributed by atoms with Crippen molar-refractivity contribution in [3.63, 3.8) is 0 Å². The lowest BCUT2D eigenvalue weighted by molar-refractivity contribution is 0.0802. The highest BCUT2D eigenvalue weighted by Crippen LogP contribution is 2.32. The van der Waals surface area contributed by atoms with E-state index in [4.69, 9.17) is 21.7 Å². The number of rotatable bonds is 6. The molecule has 8 heteroatoms. The van der Waals surface area contributed by atoms with Crippen molar-refractivity contribution in [1.82, 2.24) is 19.7 Å². The molecule has 7 nitrogen and oxygen atoms in total. The molecular formula is C25H26N4O3S. The third-order valence-corrected chi connectivity index (χ3v) is 6.37. The average molecular weight is 463 g/mol. The molecule has 5 rings (SSSR count). The normalized spacial score (nSPS) is 16.8. The van der Waals surface area contributed by atoms with Crippen LogP contribution in [0.3, 0.4) is 0 Å². The third-order valence-electron chi connectivity index (χ3n) is 6.06. The number of ether oxygens (including phenoxy) is 2. The van der Waals surface area contributed by atoms with Crippen LogP contribution < -0.4 is 9.47 Å². The Hall–Kier alpha value is -3.23. The van der Waals surface area contributed by atoms with Crippen LogP contribution in [-0.4, -0.2) is 51.8 Å². The van der Waals surface area contributed by atoms with E-state index >= 15 is 0 Å². The van der Waals surface area contributed by atoms with Gasteiger partial charge in [0.15, 0.2) is 17.3 Å². The molecular weight excluding hydrogens is 436 g/mol. The van der Waals surface area contributed by atoms with Gasteiger partial charge in [0.2, 0.25) is 4.77 Å². The van der Waals surface area contributed by atoms with Gasteiger partial charge in [-0.2, -0.15) is 4.98 Å². The molecule has 33 heavy (non-hydrogen) atoms. The number of fused-ring (bicyclic) bond motifs is 1. The maximum absolute atomic E-state index is 13.0. The summed E-state index contributed by atoms with van der Waals surface area (Å²) in [5.41, 5.74) is 1.81. The van der Waals surface area contributed by atoms with Gasteiger partial charge in [0.25, 0.3) is 0 Å². The molecule has 0 atom stereocenters. The Bertz CT molecular complexity index is 1210. The molecule has 0 aliphatic carbocycles. The van der Waals surface area contributed by atoms with Gasteiger partial charge in [-0.15, -0.1) is 0 Å². The van der Waals surface area contributed by atoms with Gasteiger partial charge in [0.05, 0.1) is 6.67 Å². The van der Waals surface area contributed by atoms with Crippen LogP contribution in [0.2, 0.25) is 0 Å². The Labute approximate surface area is 197 Å². The summed E-state index contributed by atoms with van der Waals surface area (Å²) in [4.78, 5) is 19.8. The van der Waals surface area contributed by atoms with E-state index in [1.807, 2.05) is 65.4 Å². The number of nitrogens with one attached hydrogen (secondary N) is 1. The van der Waals surface area contributed by atoms with Gasteiger partial charge in [-0.25, -0.2) is 4.68 Å². The highest BCUT2D eigenvalue weighted by atomic mass is 32.1. The van der Waals surface area contributed by atoms with Crippen LogP contribution in [0.15, 0.2) is 48.5 Å². The first-order chi connectivity index (χ1) is 16.2. The molecule has 1 N–H and O–H groups in total. The highest BCUT2D eigenvalue weighted by molar-refractivity contribution is 7.71. The lowest BCUT2D eigenvalue weighted by Crippen LogP contribution is -2.37. The number of H-pyrrole nitrogens is 1. The van der Waals surface area contributed by atoms with Gasteiger partial charge < -0.3 is 9.47 Å². The quantitative estimate of drug-likeness (QED) is 0.432. The van der Waals surface area contributed by atoms with E-state index in [0.29, 0.717) is 41.7 Å². The monoisotopic (exact) mass is 462 g/mol. The number of ketones is 1. The second-order valence-corrected chi connectivity index (χ2v) is 8.69. The van der Waals surface area contributed by atoms with Crippen molar-refractivity contribution in [3.05, 3.63) is 70.3 Å². The minimum atomic E-state index is 0.0166. The summed E-state index contributed by atoms with van der Waals surface area (Å²) in [7, 11) is 0. The highest BCUT2D eigenvalue weighted by Gasteiger charge is 2.27. The molecule has 1 saturated heterocycles. The molecule has 2 aliphatic heterocycles. The molecule has 0 saturated carbocycles. The standard InChI is InChI=1S/C25H26N4O3S/c30-24(20-7-8-21-22(16-20)32-15-14-31-21)19-10-12-28(13-11-19)17-29-25(33)26-23(27-29)9-6-18-4-2-1-3-5-18/h1-9,16,19H,10-15,17H2,(H,26,27,33)/b9-6+. The van der Waals surface area contributed by atoms with Crippen molar-refractivity contribution < 1.29 is 14.3 Å². The predicted octanol–water partition coefficient (Wildman–Crippen LogP) is 4.43. The maximum atomic E-state index is 13.0. The van der Waals surface area contributed by atoms with Crippen LogP contribution >= 0.6 is 12.2 Å². The SMILES string of the molecule is O=C(c1ccc2c(c1)OCCO2)C1CCN(Cn2[nH]c(/C=C/c3ccccc3)nc2=S)CC1. The van der Waals surface area contributed by atoms with Crippen molar-refractivity contribution in [3.8, 4) is 11.5 Å². The van der Waals surface area contributed by atoms with Crippen LogP contribution in [0, 0.1) is 10.7 Å². The number of nitrogens with zero attached hydrogens (tertiary/aromatic N) is 3. The van der Waals surface area contributed by atoms with Crippen LogP contribution in [0.25, 0.3) is 12.2 Å². The van der Waals surface area contributed by atoms with E-state index in [1.54, 1.807) is 0 Å². The minimum absolute atomic E-state index is 0.0166. The zero-order valence-electron chi connectivity index (χ0n) is 18.3. The Morgan fingerprint density at radius 3 is 2.61 bits per heavy atom. The molecule has 0 amide bonds. The van der Waals surface area contributed by atoms with E-state index in [9.17, 15) is 4.79 Å². The van der Waals surface area contributed by atoms with Crippen LogP contribution in [-0.2, 0) is 6.67 Å². The lowest BCUT2D eigenvalue weighted by Gasteiger charge is -2.31. The smallest absolute Gasteiger partial charge is 0.217 e. The number of hydrogen-bond donors (Lipinski definition) is 1. The number of aromatic nitrogens is 3. The number of Topliss-reactive ketones (excluding diaryl/α,β-unsaturated/α-hetero) is 1. The van der Waals surface area contributed by atoms with Crippen molar-refractivity contribution in [1.29, 1.82) is 0 Å². The molecule has 3 heterocycles. The van der Waals surface area contributed by atoms with Gasteiger partial charge in [-0.05, 0) is 54.9 Å². The number of benzene rings is 2. The Balaban J connectivity index is 1.17. The molecule has 0 unspecified atom stereocenters. The number of likely N-dealkylation sites (tertiary alicyclic amines) is 1. The molecule has 3 aromatic rings. The first kappa shape index (κ1) is 21.6. The van der Waals surface area contributed by atoms with Gasteiger partial charge in [-0.3, -0.25) is 14.8 Å². The second kappa shape index (κ2) is 9.72. The van der Waals surface area contributed by atoms with Crippen molar-refractivity contribution in [2.24, 2.45) is 5.92 Å². The van der Waals surface area contributed by atoms with E-state index in [1.165, 1.54) is 0 Å². The molecule has 0 spiro atoms. The zero-order valence-corrected chi connectivity index (χ0v) is 19.1. The summed E-state index contributed by atoms with van der Waals surface area (Å²) >= 11 is 5.43. The van der Waals surface area contributed by atoms with E-state index < -0.39 is 0 Å². The molecule has 1 fully saturated rings. The number of hydrogen-bond acceptors (Lipinski definition) is 6. The topological polar surface area (TPSA) is 72.4 Å². The number of carbonyl (C=O) groups excluding carboxylic acids is 1. The van der Waals surface area contributed by atoms with Crippen LogP contribution in [0.5, 0.6) is 11.5 Å². The summed E-state index contributed by atoms with van der Waals surface area (Å²) in [5.74, 6) is 2.30. The fraction of sp³-hybridized carbons (Fsp3) is 0.320. The fourth-order valence-corrected chi connectivity index (χ4v) is 4.45. The number of carbonyl (C=O) groups is 1. The van der Waals surface area contributed by atoms with Crippen LogP contribution in [0.4, 0.5) is 0 Å². The van der Waals surface area contributed by atoms with E-state index in [2.05, 4.69) is 15.0 Å². The van der Waals surface area contributed by atoms with E-state index in [-0.39, 0.29) is 11.7 Å². The minimum Gasteiger partial charge on any atom is -0.486 e. The van der Waals surface area contributed by atoms with Crippen molar-refractivity contribution in [2.75, 3.05) is 26.3 Å². The Morgan fingerprint density at radius 2 is 1.82 bits per heavy atom. The summed E-state index contributed by atoms with van der Waals surface area (Å²) in [6.45, 7) is 3.36. The molecule has 2 aromatic carbocycles. The number of piperidine rings is 1. The largest absolute Gasteiger partial charge is 0.486 e. The van der Waals surface area contributed by atoms with Gasteiger partial charge in [0, 0.05) is 24.6 Å². The lowest BCUT2D eigenvalue weighted by atomic mass is 9.89. The van der Waals surface area contributed by atoms with Crippen molar-refractivity contribution in [2.45, 2.75) is 19.5 Å². The van der Waals surface area contributed by atoms with Crippen molar-refractivity contribution >= 4 is 30.2 Å². The molecule has 2 aliphatic rings. The predicted molar refractivity (Wildman–Crippen MR) is 129 cm³/mol. The summed E-state index contributed by atoms with van der Waals surface area (Å²) < 4.78 is 13.6. The molecule has 0 bridgehead atoms. The Kier molecular flexibility index (Phi) is 6.37. The Morgan fingerprint density at radius 1 is 1.06 bits per heavy atom. The van der Waals surface area contributed by atoms with Gasteiger partial charge in [0.1, 0.15) is 19.0 Å². The van der Waals surface area contributed by atoms with Gasteiger partial charge in [-0.1, -0.05) is 36.4 Å². The molecule has 1 aromatic heterocycles. The first-order valence-corrected chi connectivity index (χ1v) is 11.6.